The van der Waals surface area contributed by atoms with Crippen molar-refractivity contribution in [3.05, 3.63) is 64.8 Å². The number of aromatic nitrogens is 2. The van der Waals surface area contributed by atoms with Crippen LogP contribution in [-0.2, 0) is 20.2 Å². The lowest BCUT2D eigenvalue weighted by Crippen LogP contribution is -2.27. The van der Waals surface area contributed by atoms with Gasteiger partial charge in [0.1, 0.15) is 23.9 Å². The van der Waals surface area contributed by atoms with Gasteiger partial charge < -0.3 is 18.8 Å². The van der Waals surface area contributed by atoms with Crippen molar-refractivity contribution >= 4 is 17.5 Å². The zero-order chi connectivity index (χ0) is 19.4. The van der Waals surface area contributed by atoms with Crippen molar-refractivity contribution in [2.24, 2.45) is 7.05 Å². The number of benzene rings is 1. The number of carbonyl (C=O) groups excluding carboxylic acids is 1. The average Bonchev–Trinajstić information content (AvgIpc) is 3.28. The van der Waals surface area contributed by atoms with Crippen molar-refractivity contribution < 1.29 is 18.7 Å². The van der Waals surface area contributed by atoms with Crippen LogP contribution in [0.1, 0.15) is 22.0 Å². The first kappa shape index (κ1) is 18.8. The Balaban J connectivity index is 1.59. The Hall–Kier alpha value is -2.93. The fourth-order valence-corrected chi connectivity index (χ4v) is 2.72. The van der Waals surface area contributed by atoms with Gasteiger partial charge in [0.15, 0.2) is 5.76 Å². The molecule has 0 radical (unpaired) electrons. The van der Waals surface area contributed by atoms with E-state index in [1.807, 2.05) is 12.1 Å². The van der Waals surface area contributed by atoms with Crippen LogP contribution < -0.4 is 9.47 Å². The lowest BCUT2D eigenvalue weighted by molar-refractivity contribution is 0.0746. The van der Waals surface area contributed by atoms with Crippen molar-refractivity contribution in [3.8, 4) is 11.5 Å². The second-order valence-corrected chi connectivity index (χ2v) is 6.36. The van der Waals surface area contributed by atoms with Gasteiger partial charge in [0, 0.05) is 14.1 Å². The van der Waals surface area contributed by atoms with Gasteiger partial charge in [0.05, 0.1) is 30.6 Å². The number of hydrogen-bond donors (Lipinski definition) is 0. The normalized spacial score (nSPS) is 10.7. The molecule has 3 rings (SSSR count). The van der Waals surface area contributed by atoms with Gasteiger partial charge in [0.25, 0.3) is 5.91 Å². The summed E-state index contributed by atoms with van der Waals surface area (Å²) in [4.78, 5) is 14.1. The number of halogens is 1. The van der Waals surface area contributed by atoms with E-state index in [1.54, 1.807) is 56.3 Å². The van der Waals surface area contributed by atoms with Crippen molar-refractivity contribution in [2.45, 2.75) is 13.2 Å². The molecule has 0 atom stereocenters. The highest BCUT2D eigenvalue weighted by Gasteiger charge is 2.19. The van der Waals surface area contributed by atoms with Crippen LogP contribution in [0.15, 0.2) is 47.0 Å². The molecule has 7 nitrogen and oxygen atoms in total. The fourth-order valence-electron chi connectivity index (χ4n) is 2.50. The third-order valence-electron chi connectivity index (χ3n) is 4.06. The van der Waals surface area contributed by atoms with Crippen molar-refractivity contribution in [1.82, 2.24) is 14.7 Å². The molecule has 0 aliphatic heterocycles. The number of rotatable bonds is 7. The molecular weight excluding hydrogens is 370 g/mol. The quantitative estimate of drug-likeness (QED) is 0.618. The standard InChI is InChI=1S/C19H20ClN3O4/c1-22(11-17-16(20)10-21-23(17)2)19(24)18-9-8-15(27-18)12-26-14-6-4-13(25-3)5-7-14/h4-10H,11-12H2,1-3H3. The molecule has 0 fully saturated rings. The Morgan fingerprint density at radius 1 is 1.22 bits per heavy atom. The second kappa shape index (κ2) is 8.18. The molecule has 0 N–H and O–H groups in total. The minimum absolute atomic E-state index is 0.219. The van der Waals surface area contributed by atoms with Crippen molar-refractivity contribution in [1.29, 1.82) is 0 Å². The van der Waals surface area contributed by atoms with E-state index >= 15 is 0 Å². The van der Waals surface area contributed by atoms with Gasteiger partial charge >= 0.3 is 0 Å². The summed E-state index contributed by atoms with van der Waals surface area (Å²) >= 11 is 6.09. The summed E-state index contributed by atoms with van der Waals surface area (Å²) in [5, 5.41) is 4.59. The molecule has 27 heavy (non-hydrogen) atoms. The van der Waals surface area contributed by atoms with Crippen LogP contribution in [0.4, 0.5) is 0 Å². The predicted octanol–water partition coefficient (Wildman–Crippen LogP) is 3.53. The number of ether oxygens (including phenoxy) is 2. The van der Waals surface area contributed by atoms with E-state index in [2.05, 4.69) is 5.10 Å². The highest BCUT2D eigenvalue weighted by molar-refractivity contribution is 6.31. The number of methoxy groups -OCH3 is 1. The number of carbonyl (C=O) groups is 1. The fraction of sp³-hybridized carbons (Fsp3) is 0.263. The molecule has 0 bridgehead atoms. The first-order chi connectivity index (χ1) is 13.0. The number of amides is 1. The van der Waals surface area contributed by atoms with Gasteiger partial charge in [0.2, 0.25) is 0 Å². The largest absolute Gasteiger partial charge is 0.497 e. The topological polar surface area (TPSA) is 69.7 Å². The third kappa shape index (κ3) is 4.43. The molecule has 0 saturated heterocycles. The second-order valence-electron chi connectivity index (χ2n) is 5.95. The Morgan fingerprint density at radius 2 is 1.93 bits per heavy atom. The summed E-state index contributed by atoms with van der Waals surface area (Å²) in [6.07, 6.45) is 1.55. The average molecular weight is 390 g/mol. The molecule has 0 spiro atoms. The molecule has 0 aliphatic rings. The molecule has 8 heteroatoms. The van der Waals surface area contributed by atoms with Crippen LogP contribution in [0.2, 0.25) is 5.02 Å². The maximum absolute atomic E-state index is 12.6. The van der Waals surface area contributed by atoms with E-state index in [0.29, 0.717) is 23.1 Å². The van der Waals surface area contributed by atoms with E-state index in [9.17, 15) is 4.79 Å². The minimum atomic E-state index is -0.247. The Labute approximate surface area is 162 Å². The van der Waals surface area contributed by atoms with E-state index in [4.69, 9.17) is 25.5 Å². The van der Waals surface area contributed by atoms with Crippen LogP contribution in [0.5, 0.6) is 11.5 Å². The number of aryl methyl sites for hydroxylation is 1. The Bertz CT molecular complexity index is 898. The van der Waals surface area contributed by atoms with Crippen LogP contribution >= 0.6 is 11.6 Å². The van der Waals surface area contributed by atoms with Gasteiger partial charge in [-0.3, -0.25) is 9.48 Å². The van der Waals surface area contributed by atoms with Gasteiger partial charge in [-0.05, 0) is 36.4 Å². The molecule has 2 heterocycles. The summed E-state index contributed by atoms with van der Waals surface area (Å²) in [7, 11) is 5.07. The lowest BCUT2D eigenvalue weighted by atomic mass is 10.3. The molecule has 0 saturated carbocycles. The summed E-state index contributed by atoms with van der Waals surface area (Å²) < 4.78 is 18.0. The van der Waals surface area contributed by atoms with Gasteiger partial charge in [-0.15, -0.1) is 0 Å². The smallest absolute Gasteiger partial charge is 0.289 e. The van der Waals surface area contributed by atoms with Gasteiger partial charge in [-0.25, -0.2) is 0 Å². The maximum atomic E-state index is 12.6. The van der Waals surface area contributed by atoms with Crippen molar-refractivity contribution in [2.75, 3.05) is 14.2 Å². The minimum Gasteiger partial charge on any atom is -0.497 e. The molecular formula is C19H20ClN3O4. The zero-order valence-electron chi connectivity index (χ0n) is 15.3. The molecule has 0 aliphatic carbocycles. The van der Waals surface area contributed by atoms with Crippen LogP contribution in [0, 0.1) is 0 Å². The molecule has 1 amide bonds. The molecule has 3 aromatic rings. The van der Waals surface area contributed by atoms with E-state index < -0.39 is 0 Å². The SMILES string of the molecule is COc1ccc(OCc2ccc(C(=O)N(C)Cc3c(Cl)cnn3C)o2)cc1. The Morgan fingerprint density at radius 3 is 2.56 bits per heavy atom. The highest BCUT2D eigenvalue weighted by Crippen LogP contribution is 2.20. The van der Waals surface area contributed by atoms with Crippen LogP contribution in [0.25, 0.3) is 0 Å². The number of hydrogen-bond acceptors (Lipinski definition) is 5. The van der Waals surface area contributed by atoms with E-state index in [-0.39, 0.29) is 18.3 Å². The van der Waals surface area contributed by atoms with Gasteiger partial charge in [-0.2, -0.15) is 5.10 Å². The third-order valence-corrected chi connectivity index (χ3v) is 4.37. The summed E-state index contributed by atoms with van der Waals surface area (Å²) in [6, 6.07) is 10.6. The van der Waals surface area contributed by atoms with Crippen molar-refractivity contribution in [3.63, 3.8) is 0 Å². The molecule has 142 valence electrons. The zero-order valence-corrected chi connectivity index (χ0v) is 16.1. The summed E-state index contributed by atoms with van der Waals surface area (Å²) in [5.41, 5.74) is 0.752. The van der Waals surface area contributed by atoms with Crippen LogP contribution in [-0.4, -0.2) is 34.7 Å². The van der Waals surface area contributed by atoms with Gasteiger partial charge in [-0.1, -0.05) is 11.6 Å². The molecule has 0 unspecified atom stereocenters. The monoisotopic (exact) mass is 389 g/mol. The lowest BCUT2D eigenvalue weighted by Gasteiger charge is -2.16. The number of furan rings is 1. The molecule has 2 aromatic heterocycles. The summed E-state index contributed by atoms with van der Waals surface area (Å²) in [6.45, 7) is 0.545. The maximum Gasteiger partial charge on any atom is 0.289 e. The predicted molar refractivity (Wildman–Crippen MR) is 100 cm³/mol. The van der Waals surface area contributed by atoms with Crippen LogP contribution in [0.3, 0.4) is 0 Å². The first-order valence-corrected chi connectivity index (χ1v) is 8.63. The first-order valence-electron chi connectivity index (χ1n) is 8.25. The summed E-state index contributed by atoms with van der Waals surface area (Å²) in [5.74, 6) is 1.99. The number of nitrogens with zero attached hydrogens (tertiary/aromatic N) is 3. The van der Waals surface area contributed by atoms with E-state index in [1.165, 1.54) is 4.90 Å². The van der Waals surface area contributed by atoms with E-state index in [0.717, 1.165) is 11.4 Å². The highest BCUT2D eigenvalue weighted by atomic mass is 35.5. The Kier molecular flexibility index (Phi) is 5.71. The molecule has 1 aromatic carbocycles.